The van der Waals surface area contributed by atoms with E-state index in [2.05, 4.69) is 25.2 Å². The average Bonchev–Trinajstić information content (AvgIpc) is 3.72. The van der Waals surface area contributed by atoms with Crippen LogP contribution < -0.4 is 15.6 Å². The molecule has 9 rings (SSSR count). The van der Waals surface area contributed by atoms with Gasteiger partial charge in [-0.1, -0.05) is 17.7 Å². The van der Waals surface area contributed by atoms with Crippen molar-refractivity contribution in [3.05, 3.63) is 128 Å². The van der Waals surface area contributed by atoms with Crippen LogP contribution in [0.15, 0.2) is 65.5 Å². The number of hydrogen-bond donors (Lipinski definition) is 2. The lowest BCUT2D eigenvalue weighted by Crippen LogP contribution is -2.38. The van der Waals surface area contributed by atoms with E-state index in [1.165, 1.54) is 42.1 Å². The molecule has 0 spiro atoms. The molecule has 0 bridgehead atoms. The molecule has 7 aromatic rings. The highest BCUT2D eigenvalue weighted by atomic mass is 35.5. The number of fused-ring (bicyclic) bond motifs is 5. The van der Waals surface area contributed by atoms with Gasteiger partial charge in [-0.05, 0) is 72.0 Å². The molecular formula is C40H28ClF8N9O4S. The first-order valence-electron chi connectivity index (χ1n) is 18.7. The van der Waals surface area contributed by atoms with Crippen LogP contribution in [0.25, 0.3) is 38.6 Å². The summed E-state index contributed by atoms with van der Waals surface area (Å²) >= 11 is 6.59. The second-order valence-corrected chi connectivity index (χ2v) is 17.4. The van der Waals surface area contributed by atoms with Crippen LogP contribution in [0.4, 0.5) is 40.9 Å². The number of amides is 1. The highest BCUT2D eigenvalue weighted by Gasteiger charge is 2.67. The maximum absolute atomic E-state index is 15.5. The van der Waals surface area contributed by atoms with Crippen molar-refractivity contribution in [2.75, 3.05) is 11.0 Å². The summed E-state index contributed by atoms with van der Waals surface area (Å²) in [7, 11) is -2.56. The molecule has 1 saturated carbocycles. The molecule has 3 aromatic carbocycles. The third-order valence-electron chi connectivity index (χ3n) is 10.9. The lowest BCUT2D eigenvalue weighted by molar-refractivity contribution is -0.123. The minimum atomic E-state index is -3.96. The quantitative estimate of drug-likeness (QED) is 0.101. The average molecular weight is 918 g/mol. The molecule has 23 heteroatoms. The molecule has 0 aliphatic heterocycles. The number of rotatable bonds is 11. The Labute approximate surface area is 354 Å². The Morgan fingerprint density at radius 3 is 2.40 bits per heavy atom. The Morgan fingerprint density at radius 2 is 1.71 bits per heavy atom. The standard InChI is InChI=1S/C40H28ClF8N9O4S/c1-56-33-27(7-6-24(41)31(33)37(54-56)55-63(2,61)62)58-38(51-25-12-17(3-4-21(25)39(58)60)20-5-8-28(44)52-36(20)47)26(11-16-9-18(42)13-19(43)10-16)50-29(59)15-57-34-30(32(53-57)35(45)46)22-14-23(22)40(34,48)49/h3-10,12-13,22-23,26,35H,11,14-15H2,1-2H3,(H,50,59)(H,54,55)/t22-,23+,26-/m0/s1. The molecule has 2 aliphatic rings. The minimum Gasteiger partial charge on any atom is -0.344 e. The highest BCUT2D eigenvalue weighted by Crippen LogP contribution is 2.68. The summed E-state index contributed by atoms with van der Waals surface area (Å²) in [6.07, 6.45) is -2.98. The fourth-order valence-corrected chi connectivity index (χ4v) is 9.11. The lowest BCUT2D eigenvalue weighted by Gasteiger charge is -2.24. The van der Waals surface area contributed by atoms with Crippen LogP contribution in [0.5, 0.6) is 0 Å². The summed E-state index contributed by atoms with van der Waals surface area (Å²) in [5.74, 6) is -11.9. The van der Waals surface area contributed by atoms with Gasteiger partial charge in [0.05, 0.1) is 44.8 Å². The van der Waals surface area contributed by atoms with E-state index in [0.29, 0.717) is 10.7 Å². The van der Waals surface area contributed by atoms with Gasteiger partial charge in [0.25, 0.3) is 17.9 Å². The molecule has 2 N–H and O–H groups in total. The number of nitrogens with one attached hydrogen (secondary N) is 2. The van der Waals surface area contributed by atoms with Crippen LogP contribution in [0, 0.1) is 29.4 Å². The van der Waals surface area contributed by atoms with Gasteiger partial charge < -0.3 is 5.32 Å². The van der Waals surface area contributed by atoms with E-state index in [4.69, 9.17) is 16.6 Å². The largest absolute Gasteiger partial charge is 0.344 e. The van der Waals surface area contributed by atoms with E-state index in [0.717, 1.165) is 35.1 Å². The van der Waals surface area contributed by atoms with Crippen molar-refractivity contribution in [2.24, 2.45) is 13.0 Å². The van der Waals surface area contributed by atoms with Crippen LogP contribution >= 0.6 is 11.6 Å². The lowest BCUT2D eigenvalue weighted by atomic mass is 10.0. The van der Waals surface area contributed by atoms with Gasteiger partial charge in [0.15, 0.2) is 5.82 Å². The molecule has 0 saturated heterocycles. The molecule has 4 aromatic heterocycles. The molecule has 13 nitrogen and oxygen atoms in total. The van der Waals surface area contributed by atoms with Gasteiger partial charge in [-0.2, -0.15) is 32.7 Å². The van der Waals surface area contributed by atoms with Crippen LogP contribution in [-0.4, -0.2) is 54.7 Å². The van der Waals surface area contributed by atoms with Crippen LogP contribution in [0.2, 0.25) is 5.02 Å². The summed E-state index contributed by atoms with van der Waals surface area (Å²) in [6.45, 7) is -1.05. The smallest absolute Gasteiger partial charge is 0.293 e. The Balaban J connectivity index is 1.26. The fraction of sp³-hybridized carbons (Fsp3) is 0.250. The third-order valence-corrected chi connectivity index (χ3v) is 11.8. The number of pyridine rings is 1. The molecule has 1 fully saturated rings. The molecular weight excluding hydrogens is 890 g/mol. The van der Waals surface area contributed by atoms with Crippen molar-refractivity contribution < 1.29 is 48.3 Å². The van der Waals surface area contributed by atoms with Gasteiger partial charge in [-0.25, -0.2) is 31.0 Å². The fourth-order valence-electron chi connectivity index (χ4n) is 8.38. The number of benzene rings is 3. The van der Waals surface area contributed by atoms with Gasteiger partial charge in [-0.3, -0.25) is 28.2 Å². The molecule has 326 valence electrons. The number of carbonyl (C=O) groups is 1. The van der Waals surface area contributed by atoms with Crippen LogP contribution in [-0.2, 0) is 40.8 Å². The van der Waals surface area contributed by atoms with Gasteiger partial charge in [0.2, 0.25) is 27.8 Å². The number of carbonyl (C=O) groups excluding carboxylic acids is 1. The third kappa shape index (κ3) is 7.33. The maximum Gasteiger partial charge on any atom is 0.293 e. The van der Waals surface area contributed by atoms with E-state index >= 15 is 8.78 Å². The van der Waals surface area contributed by atoms with E-state index in [1.807, 2.05) is 0 Å². The molecule has 0 unspecified atom stereocenters. The number of aryl methyl sites for hydroxylation is 1. The number of halogens is 9. The monoisotopic (exact) mass is 917 g/mol. The van der Waals surface area contributed by atoms with Crippen LogP contribution in [0.1, 0.15) is 53.1 Å². The van der Waals surface area contributed by atoms with E-state index in [1.54, 1.807) is 0 Å². The summed E-state index contributed by atoms with van der Waals surface area (Å²) in [5.41, 5.74) is -3.39. The zero-order chi connectivity index (χ0) is 45.0. The molecule has 0 radical (unpaired) electrons. The van der Waals surface area contributed by atoms with Gasteiger partial charge in [0.1, 0.15) is 35.4 Å². The SMILES string of the molecule is Cn1nc(NS(C)(=O)=O)c2c(Cl)ccc(-n3c([C@H](Cc4cc(F)cc(F)c4)NC(=O)Cn4nc(C(F)F)c5c4C(F)(F)[C@@H]4C[C@H]54)nc4cc(-c5ccc(F)nc5F)ccc4c3=O)c21. The molecule has 3 atom stereocenters. The van der Waals surface area contributed by atoms with Crippen molar-refractivity contribution in [3.63, 3.8) is 0 Å². The van der Waals surface area contributed by atoms with Crippen LogP contribution in [0.3, 0.4) is 0 Å². The topological polar surface area (TPSA) is 159 Å². The molecule has 2 aliphatic carbocycles. The first-order valence-corrected chi connectivity index (χ1v) is 21.0. The Bertz CT molecular complexity index is 3250. The van der Waals surface area contributed by atoms with Crippen molar-refractivity contribution in [2.45, 2.75) is 43.7 Å². The number of aromatic nitrogens is 7. The second-order valence-electron chi connectivity index (χ2n) is 15.2. The zero-order valence-electron chi connectivity index (χ0n) is 32.3. The molecule has 1 amide bonds. The van der Waals surface area contributed by atoms with Crippen molar-refractivity contribution in [1.29, 1.82) is 0 Å². The summed E-state index contributed by atoms with van der Waals surface area (Å²) in [6, 6.07) is 9.27. The van der Waals surface area contributed by atoms with Crippen molar-refractivity contribution in [1.82, 2.24) is 39.4 Å². The maximum atomic E-state index is 15.5. The molecule has 4 heterocycles. The highest BCUT2D eigenvalue weighted by molar-refractivity contribution is 7.92. The zero-order valence-corrected chi connectivity index (χ0v) is 33.9. The minimum absolute atomic E-state index is 0.00353. The summed E-state index contributed by atoms with van der Waals surface area (Å²) in [5, 5.41) is 10.4. The predicted molar refractivity (Wildman–Crippen MR) is 211 cm³/mol. The number of nitrogens with zero attached hydrogens (tertiary/aromatic N) is 7. The number of alkyl halides is 4. The van der Waals surface area contributed by atoms with Gasteiger partial charge in [0, 0.05) is 36.6 Å². The van der Waals surface area contributed by atoms with Gasteiger partial charge >= 0.3 is 0 Å². The van der Waals surface area contributed by atoms with E-state index < -0.39 is 105 Å². The Hall–Kier alpha value is -6.42. The van der Waals surface area contributed by atoms with E-state index in [-0.39, 0.29) is 67.0 Å². The van der Waals surface area contributed by atoms with Crippen molar-refractivity contribution >= 4 is 55.2 Å². The van der Waals surface area contributed by atoms with Gasteiger partial charge in [-0.15, -0.1) is 0 Å². The predicted octanol–water partition coefficient (Wildman–Crippen LogP) is 7.36. The first kappa shape index (κ1) is 41.9. The Morgan fingerprint density at radius 1 is 0.984 bits per heavy atom. The van der Waals surface area contributed by atoms with Crippen molar-refractivity contribution in [3.8, 4) is 16.8 Å². The normalized spacial score (nSPS) is 17.0. The number of anilines is 1. The first-order chi connectivity index (χ1) is 29.7. The van der Waals surface area contributed by atoms with E-state index in [9.17, 15) is 44.3 Å². The summed E-state index contributed by atoms with van der Waals surface area (Å²) in [4.78, 5) is 37.0. The Kier molecular flexibility index (Phi) is 9.88. The second kappa shape index (κ2) is 14.9. The number of hydrogen-bond acceptors (Lipinski definition) is 8. The summed E-state index contributed by atoms with van der Waals surface area (Å²) < 4.78 is 147. The molecule has 63 heavy (non-hydrogen) atoms. The number of sulfonamides is 1.